The van der Waals surface area contributed by atoms with Crippen molar-refractivity contribution in [1.29, 1.82) is 0 Å². The van der Waals surface area contributed by atoms with Crippen LogP contribution in [-0.2, 0) is 12.8 Å². The van der Waals surface area contributed by atoms with Crippen LogP contribution in [0.1, 0.15) is 24.5 Å². The molecule has 2 N–H and O–H groups in total. The highest BCUT2D eigenvalue weighted by atomic mass is 19.1. The van der Waals surface area contributed by atoms with Gasteiger partial charge in [-0.3, -0.25) is 0 Å². The fourth-order valence-corrected chi connectivity index (χ4v) is 1.94. The van der Waals surface area contributed by atoms with Crippen LogP contribution in [0.4, 0.5) is 10.1 Å². The summed E-state index contributed by atoms with van der Waals surface area (Å²) in [7, 11) is 0. The van der Waals surface area contributed by atoms with E-state index in [2.05, 4.69) is 0 Å². The number of nitrogens with two attached hydrogens (primary N) is 1. The average Bonchev–Trinajstić information content (AvgIpc) is 2.01. The summed E-state index contributed by atoms with van der Waals surface area (Å²) in [5.41, 5.74) is 7.67. The van der Waals surface area contributed by atoms with Gasteiger partial charge in [0.1, 0.15) is 5.67 Å². The zero-order chi connectivity index (χ0) is 9.47. The Morgan fingerprint density at radius 2 is 2.15 bits per heavy atom. The zero-order valence-electron chi connectivity index (χ0n) is 7.81. The Balaban J connectivity index is 2.38. The smallest absolute Gasteiger partial charge is 0.112 e. The van der Waals surface area contributed by atoms with Gasteiger partial charge in [-0.25, -0.2) is 4.39 Å². The van der Waals surface area contributed by atoms with E-state index in [-0.39, 0.29) is 0 Å². The minimum atomic E-state index is -1.04. The second kappa shape index (κ2) is 2.72. The van der Waals surface area contributed by atoms with Gasteiger partial charge in [0.2, 0.25) is 0 Å². The maximum Gasteiger partial charge on any atom is 0.112 e. The van der Waals surface area contributed by atoms with Crippen LogP contribution >= 0.6 is 0 Å². The molecular weight excluding hydrogens is 165 g/mol. The fraction of sp³-hybridized carbons (Fsp3) is 0.455. The molecule has 1 unspecified atom stereocenters. The quantitative estimate of drug-likeness (QED) is 0.608. The summed E-state index contributed by atoms with van der Waals surface area (Å²) < 4.78 is 13.6. The normalized spacial score (nSPS) is 26.9. The molecule has 0 saturated heterocycles. The number of fused-ring (bicyclic) bond motifs is 1. The highest BCUT2D eigenvalue weighted by Gasteiger charge is 2.28. The Bertz CT molecular complexity index is 331. The second-order valence-corrected chi connectivity index (χ2v) is 4.12. The van der Waals surface area contributed by atoms with Gasteiger partial charge in [-0.1, -0.05) is 6.07 Å². The molecule has 1 nitrogen and oxygen atoms in total. The molecule has 0 fully saturated rings. The molecule has 13 heavy (non-hydrogen) atoms. The molecule has 1 atom stereocenters. The first-order chi connectivity index (χ1) is 6.07. The number of alkyl halides is 1. The van der Waals surface area contributed by atoms with E-state index in [0.717, 1.165) is 17.7 Å². The monoisotopic (exact) mass is 179 g/mol. The van der Waals surface area contributed by atoms with Gasteiger partial charge in [0.25, 0.3) is 0 Å². The van der Waals surface area contributed by atoms with E-state index in [1.165, 1.54) is 5.56 Å². The molecule has 0 bridgehead atoms. The van der Waals surface area contributed by atoms with E-state index in [1.54, 1.807) is 6.92 Å². The van der Waals surface area contributed by atoms with E-state index in [1.807, 2.05) is 18.2 Å². The molecule has 0 aromatic heterocycles. The van der Waals surface area contributed by atoms with Crippen LogP contribution in [0.5, 0.6) is 0 Å². The molecule has 70 valence electrons. The predicted octanol–water partition coefficient (Wildman–Crippen LogP) is 2.49. The van der Waals surface area contributed by atoms with Gasteiger partial charge in [-0.05, 0) is 43.0 Å². The number of aryl methyl sites for hydroxylation is 1. The van der Waals surface area contributed by atoms with Crippen molar-refractivity contribution < 1.29 is 4.39 Å². The molecule has 0 heterocycles. The van der Waals surface area contributed by atoms with Crippen LogP contribution in [-0.4, -0.2) is 5.67 Å². The molecule has 1 aromatic carbocycles. The standard InChI is InChI=1S/C11H14FN/c1-11(12)5-4-8-2-3-10(13)6-9(8)7-11/h2-3,6H,4-5,7,13H2,1H3. The number of nitrogen functional groups attached to an aromatic ring is 1. The first-order valence-corrected chi connectivity index (χ1v) is 4.63. The predicted molar refractivity (Wildman–Crippen MR) is 52.4 cm³/mol. The summed E-state index contributed by atoms with van der Waals surface area (Å²) in [5.74, 6) is 0. The van der Waals surface area contributed by atoms with Gasteiger partial charge in [0.15, 0.2) is 0 Å². The van der Waals surface area contributed by atoms with Crippen LogP contribution in [0.25, 0.3) is 0 Å². The van der Waals surface area contributed by atoms with Crippen molar-refractivity contribution in [3.63, 3.8) is 0 Å². The summed E-state index contributed by atoms with van der Waals surface area (Å²) >= 11 is 0. The molecule has 1 aliphatic rings. The molecule has 1 aromatic rings. The van der Waals surface area contributed by atoms with Crippen molar-refractivity contribution in [1.82, 2.24) is 0 Å². The van der Waals surface area contributed by atoms with E-state index < -0.39 is 5.67 Å². The van der Waals surface area contributed by atoms with Crippen molar-refractivity contribution >= 4 is 5.69 Å². The second-order valence-electron chi connectivity index (χ2n) is 4.12. The Labute approximate surface area is 77.8 Å². The largest absolute Gasteiger partial charge is 0.399 e. The Hall–Kier alpha value is -1.05. The lowest BCUT2D eigenvalue weighted by Crippen LogP contribution is -2.27. The van der Waals surface area contributed by atoms with E-state index >= 15 is 0 Å². The van der Waals surface area contributed by atoms with Crippen LogP contribution in [0.3, 0.4) is 0 Å². The van der Waals surface area contributed by atoms with Crippen LogP contribution < -0.4 is 5.73 Å². The van der Waals surface area contributed by atoms with Crippen molar-refractivity contribution in [3.05, 3.63) is 29.3 Å². The number of halogens is 1. The number of benzene rings is 1. The highest BCUT2D eigenvalue weighted by molar-refractivity contribution is 5.46. The Kier molecular flexibility index (Phi) is 1.79. The van der Waals surface area contributed by atoms with Crippen molar-refractivity contribution in [2.45, 2.75) is 31.9 Å². The van der Waals surface area contributed by atoms with Gasteiger partial charge in [-0.15, -0.1) is 0 Å². The van der Waals surface area contributed by atoms with Gasteiger partial charge in [-0.2, -0.15) is 0 Å². The molecule has 0 amide bonds. The summed E-state index contributed by atoms with van der Waals surface area (Å²) in [6, 6.07) is 5.80. The third-order valence-corrected chi connectivity index (χ3v) is 2.70. The molecule has 0 radical (unpaired) electrons. The van der Waals surface area contributed by atoms with Crippen LogP contribution in [0.2, 0.25) is 0 Å². The van der Waals surface area contributed by atoms with E-state index in [9.17, 15) is 4.39 Å². The lowest BCUT2D eigenvalue weighted by Gasteiger charge is -2.27. The van der Waals surface area contributed by atoms with E-state index in [4.69, 9.17) is 5.73 Å². The highest BCUT2D eigenvalue weighted by Crippen LogP contribution is 2.32. The van der Waals surface area contributed by atoms with Crippen LogP contribution in [0, 0.1) is 0 Å². The summed E-state index contributed by atoms with van der Waals surface area (Å²) in [6.07, 6.45) is 1.97. The van der Waals surface area contributed by atoms with Crippen molar-refractivity contribution in [3.8, 4) is 0 Å². The zero-order valence-corrected chi connectivity index (χ0v) is 7.81. The molecule has 2 rings (SSSR count). The third-order valence-electron chi connectivity index (χ3n) is 2.70. The number of anilines is 1. The lowest BCUT2D eigenvalue weighted by atomic mass is 9.83. The number of rotatable bonds is 0. The van der Waals surface area contributed by atoms with Crippen LogP contribution in [0.15, 0.2) is 18.2 Å². The molecular formula is C11H14FN. The molecule has 0 aliphatic heterocycles. The first-order valence-electron chi connectivity index (χ1n) is 4.63. The maximum atomic E-state index is 13.6. The van der Waals surface area contributed by atoms with Gasteiger partial charge in [0.05, 0.1) is 0 Å². The molecule has 0 saturated carbocycles. The van der Waals surface area contributed by atoms with E-state index in [0.29, 0.717) is 12.8 Å². The summed E-state index contributed by atoms with van der Waals surface area (Å²) in [4.78, 5) is 0. The maximum absolute atomic E-state index is 13.6. The molecule has 2 heteroatoms. The van der Waals surface area contributed by atoms with Gasteiger partial charge < -0.3 is 5.73 Å². The Morgan fingerprint density at radius 1 is 1.38 bits per heavy atom. The summed E-state index contributed by atoms with van der Waals surface area (Å²) in [6.45, 7) is 1.67. The molecule has 1 aliphatic carbocycles. The minimum Gasteiger partial charge on any atom is -0.399 e. The number of hydrogen-bond donors (Lipinski definition) is 1. The average molecular weight is 179 g/mol. The van der Waals surface area contributed by atoms with Crippen molar-refractivity contribution in [2.24, 2.45) is 0 Å². The minimum absolute atomic E-state index is 0.507. The third kappa shape index (κ3) is 1.67. The number of hydrogen-bond acceptors (Lipinski definition) is 1. The lowest BCUT2D eigenvalue weighted by molar-refractivity contribution is 0.166. The summed E-state index contributed by atoms with van der Waals surface area (Å²) in [5, 5.41) is 0. The molecule has 0 spiro atoms. The van der Waals surface area contributed by atoms with Gasteiger partial charge in [0, 0.05) is 12.1 Å². The van der Waals surface area contributed by atoms with Crippen molar-refractivity contribution in [2.75, 3.05) is 5.73 Å². The van der Waals surface area contributed by atoms with Gasteiger partial charge >= 0.3 is 0 Å². The first kappa shape index (κ1) is 8.54. The topological polar surface area (TPSA) is 26.0 Å². The SMILES string of the molecule is CC1(F)CCc2ccc(N)cc2C1. The Morgan fingerprint density at radius 3 is 2.92 bits per heavy atom. The fourth-order valence-electron chi connectivity index (χ4n) is 1.94.